The summed E-state index contributed by atoms with van der Waals surface area (Å²) >= 11 is 0. The van der Waals surface area contributed by atoms with Gasteiger partial charge in [-0.2, -0.15) is 0 Å². The SMILES string of the molecule is CN(C)Cc1c(OCc2ccc(F)cc2)ccc2c(CCC3CCN(Cc4ccccc4)CC3)noc12. The van der Waals surface area contributed by atoms with Crippen molar-refractivity contribution in [2.24, 2.45) is 5.92 Å². The number of aromatic nitrogens is 1. The number of ether oxygens (including phenoxy) is 1. The van der Waals surface area contributed by atoms with Crippen molar-refractivity contribution in [2.75, 3.05) is 27.2 Å². The zero-order valence-corrected chi connectivity index (χ0v) is 21.8. The van der Waals surface area contributed by atoms with Crippen molar-refractivity contribution in [1.82, 2.24) is 15.0 Å². The van der Waals surface area contributed by atoms with Crippen molar-refractivity contribution in [3.05, 3.63) is 94.9 Å². The van der Waals surface area contributed by atoms with Crippen LogP contribution in [0.3, 0.4) is 0 Å². The number of hydrogen-bond acceptors (Lipinski definition) is 5. The summed E-state index contributed by atoms with van der Waals surface area (Å²) in [6, 6.07) is 21.2. The Kier molecular flexibility index (Phi) is 8.17. The first kappa shape index (κ1) is 25.4. The molecule has 1 saturated heterocycles. The lowest BCUT2D eigenvalue weighted by Gasteiger charge is -2.31. The van der Waals surface area contributed by atoms with Crippen LogP contribution in [-0.2, 0) is 26.1 Å². The highest BCUT2D eigenvalue weighted by Crippen LogP contribution is 2.33. The van der Waals surface area contributed by atoms with Gasteiger partial charge in [0.2, 0.25) is 0 Å². The van der Waals surface area contributed by atoms with E-state index in [0.29, 0.717) is 13.2 Å². The number of nitrogens with zero attached hydrogens (tertiary/aromatic N) is 3. The average molecular weight is 502 g/mol. The number of aryl methyl sites for hydroxylation is 1. The Morgan fingerprint density at radius 1 is 0.973 bits per heavy atom. The van der Waals surface area contributed by atoms with Crippen LogP contribution in [0, 0.1) is 11.7 Å². The fraction of sp³-hybridized carbons (Fsp3) is 0.387. The first-order valence-electron chi connectivity index (χ1n) is 13.2. The Labute approximate surface area is 218 Å². The molecule has 3 aromatic carbocycles. The molecule has 1 aromatic heterocycles. The molecule has 0 spiro atoms. The molecule has 2 heterocycles. The van der Waals surface area contributed by atoms with Crippen molar-refractivity contribution in [3.8, 4) is 5.75 Å². The minimum Gasteiger partial charge on any atom is -0.488 e. The fourth-order valence-electron chi connectivity index (χ4n) is 5.23. The van der Waals surface area contributed by atoms with E-state index in [2.05, 4.69) is 51.4 Å². The Morgan fingerprint density at radius 3 is 2.46 bits per heavy atom. The molecule has 0 aliphatic carbocycles. The van der Waals surface area contributed by atoms with Gasteiger partial charge in [0.15, 0.2) is 5.58 Å². The summed E-state index contributed by atoms with van der Waals surface area (Å²) in [5.74, 6) is 1.25. The molecule has 37 heavy (non-hydrogen) atoms. The van der Waals surface area contributed by atoms with Crippen LogP contribution in [0.15, 0.2) is 71.3 Å². The van der Waals surface area contributed by atoms with Gasteiger partial charge in [0.1, 0.15) is 18.2 Å². The number of hydrogen-bond donors (Lipinski definition) is 0. The summed E-state index contributed by atoms with van der Waals surface area (Å²) in [5.41, 5.74) is 5.15. The van der Waals surface area contributed by atoms with E-state index in [-0.39, 0.29) is 5.82 Å². The Hall–Kier alpha value is -3.22. The molecule has 194 valence electrons. The molecule has 0 amide bonds. The van der Waals surface area contributed by atoms with Crippen LogP contribution in [-0.4, -0.2) is 42.1 Å². The second kappa shape index (κ2) is 11.9. The highest BCUT2D eigenvalue weighted by atomic mass is 19.1. The largest absolute Gasteiger partial charge is 0.488 e. The van der Waals surface area contributed by atoms with Gasteiger partial charge in [-0.1, -0.05) is 47.6 Å². The lowest BCUT2D eigenvalue weighted by molar-refractivity contribution is 0.172. The van der Waals surface area contributed by atoms with Crippen LogP contribution < -0.4 is 4.74 Å². The van der Waals surface area contributed by atoms with E-state index >= 15 is 0 Å². The maximum Gasteiger partial charge on any atom is 0.175 e. The van der Waals surface area contributed by atoms with Crippen LogP contribution in [0.4, 0.5) is 4.39 Å². The zero-order chi connectivity index (χ0) is 25.6. The summed E-state index contributed by atoms with van der Waals surface area (Å²) in [7, 11) is 4.06. The van der Waals surface area contributed by atoms with Gasteiger partial charge in [-0.3, -0.25) is 4.90 Å². The summed E-state index contributed by atoms with van der Waals surface area (Å²) in [6.45, 7) is 4.41. The van der Waals surface area contributed by atoms with Crippen LogP contribution in [0.1, 0.15) is 41.6 Å². The van der Waals surface area contributed by atoms with Crippen LogP contribution >= 0.6 is 0 Å². The standard InChI is InChI=1S/C31H36FN3O2/c1-34(2)21-28-30(36-22-25-8-11-26(32)12-9-25)15-13-27-29(33-37-31(27)28)14-10-23-16-18-35(19-17-23)20-24-6-4-3-5-7-24/h3-9,11-13,15,23H,10,14,16-22H2,1-2H3. The normalized spacial score (nSPS) is 15.0. The Balaban J connectivity index is 1.22. The lowest BCUT2D eigenvalue weighted by atomic mass is 9.91. The van der Waals surface area contributed by atoms with Gasteiger partial charge in [-0.15, -0.1) is 0 Å². The number of halogens is 1. The first-order chi connectivity index (χ1) is 18.0. The Morgan fingerprint density at radius 2 is 1.73 bits per heavy atom. The molecule has 5 rings (SSSR count). The number of fused-ring (bicyclic) bond motifs is 1. The third-order valence-corrected chi connectivity index (χ3v) is 7.30. The fourth-order valence-corrected chi connectivity index (χ4v) is 5.23. The predicted octanol–water partition coefficient (Wildman–Crippen LogP) is 6.45. The van der Waals surface area contributed by atoms with Crippen LogP contribution in [0.5, 0.6) is 5.75 Å². The summed E-state index contributed by atoms with van der Waals surface area (Å²) in [5, 5.41) is 5.56. The highest BCUT2D eigenvalue weighted by molar-refractivity contribution is 5.84. The summed E-state index contributed by atoms with van der Waals surface area (Å²) in [6.07, 6.45) is 4.52. The molecule has 0 N–H and O–H groups in total. The van der Waals surface area contributed by atoms with E-state index < -0.39 is 0 Å². The zero-order valence-electron chi connectivity index (χ0n) is 21.8. The van der Waals surface area contributed by atoms with Crippen molar-refractivity contribution in [2.45, 2.75) is 45.4 Å². The van der Waals surface area contributed by atoms with E-state index in [0.717, 1.165) is 71.9 Å². The van der Waals surface area contributed by atoms with Gasteiger partial charge >= 0.3 is 0 Å². The third kappa shape index (κ3) is 6.56. The Bertz CT molecular complexity index is 1280. The molecular weight excluding hydrogens is 465 g/mol. The summed E-state index contributed by atoms with van der Waals surface area (Å²) in [4.78, 5) is 4.67. The maximum absolute atomic E-state index is 13.2. The molecule has 1 fully saturated rings. The van der Waals surface area contributed by atoms with Crippen molar-refractivity contribution in [1.29, 1.82) is 0 Å². The molecule has 1 aliphatic rings. The van der Waals surface area contributed by atoms with Gasteiger partial charge in [0, 0.05) is 18.5 Å². The average Bonchev–Trinajstić information content (AvgIpc) is 3.32. The monoisotopic (exact) mass is 501 g/mol. The molecular formula is C31H36FN3O2. The minimum absolute atomic E-state index is 0.245. The van der Waals surface area contributed by atoms with E-state index in [1.165, 1.54) is 30.5 Å². The number of piperidine rings is 1. The second-order valence-corrected chi connectivity index (χ2v) is 10.4. The van der Waals surface area contributed by atoms with Gasteiger partial charge in [0.25, 0.3) is 0 Å². The molecule has 6 heteroatoms. The number of benzene rings is 3. The van der Waals surface area contributed by atoms with Crippen molar-refractivity contribution in [3.63, 3.8) is 0 Å². The molecule has 0 radical (unpaired) electrons. The van der Waals surface area contributed by atoms with Gasteiger partial charge in [0.05, 0.1) is 11.3 Å². The summed E-state index contributed by atoms with van der Waals surface area (Å²) < 4.78 is 25.3. The number of rotatable bonds is 10. The lowest BCUT2D eigenvalue weighted by Crippen LogP contribution is -2.33. The molecule has 5 nitrogen and oxygen atoms in total. The molecule has 0 atom stereocenters. The van der Waals surface area contributed by atoms with Gasteiger partial charge < -0.3 is 14.2 Å². The predicted molar refractivity (Wildman–Crippen MR) is 145 cm³/mol. The van der Waals surface area contributed by atoms with E-state index in [4.69, 9.17) is 9.26 Å². The van der Waals surface area contributed by atoms with Gasteiger partial charge in [-0.05, 0) is 94.2 Å². The van der Waals surface area contributed by atoms with Crippen LogP contribution in [0.2, 0.25) is 0 Å². The van der Waals surface area contributed by atoms with E-state index in [9.17, 15) is 4.39 Å². The molecule has 4 aromatic rings. The maximum atomic E-state index is 13.2. The minimum atomic E-state index is -0.245. The smallest absolute Gasteiger partial charge is 0.175 e. The first-order valence-corrected chi connectivity index (χ1v) is 13.2. The van der Waals surface area contributed by atoms with Crippen molar-refractivity contribution < 1.29 is 13.7 Å². The second-order valence-electron chi connectivity index (χ2n) is 10.4. The topological polar surface area (TPSA) is 41.7 Å². The van der Waals surface area contributed by atoms with E-state index in [1.54, 1.807) is 12.1 Å². The van der Waals surface area contributed by atoms with Gasteiger partial charge in [-0.25, -0.2) is 4.39 Å². The highest BCUT2D eigenvalue weighted by Gasteiger charge is 2.22. The molecule has 1 aliphatic heterocycles. The third-order valence-electron chi connectivity index (χ3n) is 7.30. The number of likely N-dealkylation sites (tertiary alicyclic amines) is 1. The quantitative estimate of drug-likeness (QED) is 0.250. The van der Waals surface area contributed by atoms with E-state index in [1.807, 2.05) is 20.2 Å². The molecule has 0 saturated carbocycles. The van der Waals surface area contributed by atoms with Crippen molar-refractivity contribution >= 4 is 11.0 Å². The molecule has 0 unspecified atom stereocenters. The van der Waals surface area contributed by atoms with Crippen LogP contribution in [0.25, 0.3) is 11.0 Å². The molecule has 0 bridgehead atoms.